The molecule has 0 fully saturated rings. The normalized spacial score (nSPS) is 12.2. The van der Waals surface area contributed by atoms with Gasteiger partial charge in [-0.15, -0.1) is 0 Å². The van der Waals surface area contributed by atoms with Crippen LogP contribution in [0.3, 0.4) is 0 Å². The molecule has 1 atom stereocenters. The first-order valence-corrected chi connectivity index (χ1v) is 5.39. The predicted molar refractivity (Wildman–Crippen MR) is 64.1 cm³/mol. The van der Waals surface area contributed by atoms with E-state index in [0.29, 0.717) is 11.6 Å². The Hall–Kier alpha value is -2.07. The molecule has 2 aromatic carbocycles. The summed E-state index contributed by atoms with van der Waals surface area (Å²) in [5.74, 6) is -2.19. The van der Waals surface area contributed by atoms with Crippen molar-refractivity contribution in [2.45, 2.75) is 6.04 Å². The number of hydrogen-bond donors (Lipinski definition) is 1. The van der Waals surface area contributed by atoms with E-state index in [9.17, 15) is 13.6 Å². The quantitative estimate of drug-likeness (QED) is 0.847. The van der Waals surface area contributed by atoms with Crippen LogP contribution in [0, 0.1) is 11.6 Å². The van der Waals surface area contributed by atoms with Crippen molar-refractivity contribution < 1.29 is 13.6 Å². The molecule has 0 heterocycles. The maximum atomic E-state index is 13.5. The number of hydrogen-bond acceptors (Lipinski definition) is 2. The second-order valence-corrected chi connectivity index (χ2v) is 3.88. The summed E-state index contributed by atoms with van der Waals surface area (Å²) in [7, 11) is 0. The molecule has 0 aliphatic carbocycles. The summed E-state index contributed by atoms with van der Waals surface area (Å²) in [4.78, 5) is 12.0. The van der Waals surface area contributed by atoms with Crippen LogP contribution in [-0.4, -0.2) is 5.78 Å². The maximum absolute atomic E-state index is 13.5. The molecule has 0 saturated heterocycles. The monoisotopic (exact) mass is 247 g/mol. The van der Waals surface area contributed by atoms with Crippen LogP contribution in [0.5, 0.6) is 0 Å². The molecule has 2 nitrogen and oxygen atoms in total. The van der Waals surface area contributed by atoms with Gasteiger partial charge in [0.15, 0.2) is 5.78 Å². The Balaban J connectivity index is 2.32. The molecule has 0 aliphatic rings. The van der Waals surface area contributed by atoms with Gasteiger partial charge in [0.2, 0.25) is 0 Å². The summed E-state index contributed by atoms with van der Waals surface area (Å²) < 4.78 is 26.2. The highest BCUT2D eigenvalue weighted by molar-refractivity contribution is 6.00. The number of carbonyl (C=O) groups excluding carboxylic acids is 1. The van der Waals surface area contributed by atoms with Crippen molar-refractivity contribution in [2.24, 2.45) is 5.73 Å². The minimum atomic E-state index is -0.953. The Kier molecular flexibility index (Phi) is 3.48. The van der Waals surface area contributed by atoms with Crippen LogP contribution < -0.4 is 5.73 Å². The van der Waals surface area contributed by atoms with E-state index in [2.05, 4.69) is 0 Å². The average Bonchev–Trinajstić information content (AvgIpc) is 2.38. The molecular formula is C14H11F2NO. The number of ketones is 1. The molecule has 0 aromatic heterocycles. The predicted octanol–water partition coefficient (Wildman–Crippen LogP) is 2.85. The number of rotatable bonds is 3. The molecule has 4 heteroatoms. The van der Waals surface area contributed by atoms with Crippen molar-refractivity contribution in [3.05, 3.63) is 71.3 Å². The second-order valence-electron chi connectivity index (χ2n) is 3.88. The molecule has 0 spiro atoms. The van der Waals surface area contributed by atoms with Gasteiger partial charge in [0.1, 0.15) is 11.6 Å². The van der Waals surface area contributed by atoms with E-state index in [1.807, 2.05) is 0 Å². The highest BCUT2D eigenvalue weighted by Crippen LogP contribution is 2.18. The first kappa shape index (κ1) is 12.4. The third kappa shape index (κ3) is 2.43. The van der Waals surface area contributed by atoms with E-state index in [4.69, 9.17) is 5.73 Å². The van der Waals surface area contributed by atoms with Gasteiger partial charge in [0.05, 0.1) is 11.6 Å². The van der Waals surface area contributed by atoms with Crippen LogP contribution in [0.15, 0.2) is 48.5 Å². The van der Waals surface area contributed by atoms with Gasteiger partial charge in [-0.1, -0.05) is 30.3 Å². The van der Waals surface area contributed by atoms with Gasteiger partial charge in [-0.05, 0) is 17.7 Å². The molecule has 0 bridgehead atoms. The summed E-state index contributed by atoms with van der Waals surface area (Å²) >= 11 is 0. The van der Waals surface area contributed by atoms with Crippen molar-refractivity contribution in [1.82, 2.24) is 0 Å². The largest absolute Gasteiger partial charge is 0.318 e. The molecule has 0 saturated carbocycles. The molecule has 0 amide bonds. The minimum absolute atomic E-state index is 0.201. The molecule has 18 heavy (non-hydrogen) atoms. The third-order valence-corrected chi connectivity index (χ3v) is 2.64. The van der Waals surface area contributed by atoms with Crippen LogP contribution in [0.2, 0.25) is 0 Å². The molecule has 2 N–H and O–H groups in total. The van der Waals surface area contributed by atoms with Crippen molar-refractivity contribution in [3.8, 4) is 0 Å². The third-order valence-electron chi connectivity index (χ3n) is 2.64. The Morgan fingerprint density at radius 1 is 1.06 bits per heavy atom. The zero-order valence-corrected chi connectivity index (χ0v) is 9.44. The van der Waals surface area contributed by atoms with E-state index in [0.717, 1.165) is 12.1 Å². The van der Waals surface area contributed by atoms with Crippen LogP contribution in [0.1, 0.15) is 22.0 Å². The summed E-state index contributed by atoms with van der Waals surface area (Å²) in [5, 5.41) is 0. The van der Waals surface area contributed by atoms with Gasteiger partial charge < -0.3 is 5.73 Å². The SMILES string of the molecule is N[C@@H](C(=O)c1ccc(F)cc1F)c1ccccc1. The molecular weight excluding hydrogens is 236 g/mol. The first-order chi connectivity index (χ1) is 8.59. The lowest BCUT2D eigenvalue weighted by molar-refractivity contribution is 0.0957. The van der Waals surface area contributed by atoms with Crippen LogP contribution in [-0.2, 0) is 0 Å². The lowest BCUT2D eigenvalue weighted by Crippen LogP contribution is -2.22. The van der Waals surface area contributed by atoms with Crippen LogP contribution in [0.25, 0.3) is 0 Å². The van der Waals surface area contributed by atoms with Gasteiger partial charge in [0, 0.05) is 6.07 Å². The van der Waals surface area contributed by atoms with E-state index in [-0.39, 0.29) is 5.56 Å². The van der Waals surface area contributed by atoms with Crippen LogP contribution >= 0.6 is 0 Å². The van der Waals surface area contributed by atoms with E-state index in [1.165, 1.54) is 0 Å². The van der Waals surface area contributed by atoms with Gasteiger partial charge >= 0.3 is 0 Å². The Morgan fingerprint density at radius 2 is 1.72 bits per heavy atom. The van der Waals surface area contributed by atoms with Crippen molar-refractivity contribution in [3.63, 3.8) is 0 Å². The Labute approximate surface area is 103 Å². The fourth-order valence-corrected chi connectivity index (χ4v) is 1.67. The fourth-order valence-electron chi connectivity index (χ4n) is 1.67. The standard InChI is InChI=1S/C14H11F2NO/c15-10-6-7-11(12(16)8-10)14(18)13(17)9-4-2-1-3-5-9/h1-8,13H,17H2/t13-/m1/s1. The molecule has 0 aliphatic heterocycles. The topological polar surface area (TPSA) is 43.1 Å². The first-order valence-electron chi connectivity index (χ1n) is 5.39. The summed E-state index contributed by atoms with van der Waals surface area (Å²) in [6.45, 7) is 0. The lowest BCUT2D eigenvalue weighted by Gasteiger charge is -2.11. The molecule has 2 aromatic rings. The van der Waals surface area contributed by atoms with Crippen molar-refractivity contribution in [1.29, 1.82) is 0 Å². The van der Waals surface area contributed by atoms with Crippen molar-refractivity contribution >= 4 is 5.78 Å². The van der Waals surface area contributed by atoms with Gasteiger partial charge in [-0.3, -0.25) is 4.79 Å². The average molecular weight is 247 g/mol. The molecule has 92 valence electrons. The van der Waals surface area contributed by atoms with Crippen molar-refractivity contribution in [2.75, 3.05) is 0 Å². The number of carbonyl (C=O) groups is 1. The Morgan fingerprint density at radius 3 is 2.33 bits per heavy atom. The van der Waals surface area contributed by atoms with E-state index >= 15 is 0 Å². The van der Waals surface area contributed by atoms with E-state index in [1.54, 1.807) is 30.3 Å². The molecule has 2 rings (SSSR count). The molecule has 0 unspecified atom stereocenters. The van der Waals surface area contributed by atoms with E-state index < -0.39 is 23.5 Å². The number of halogens is 2. The summed E-state index contributed by atoms with van der Waals surface area (Å²) in [6.07, 6.45) is 0. The second kappa shape index (κ2) is 5.06. The van der Waals surface area contributed by atoms with Gasteiger partial charge in [0.25, 0.3) is 0 Å². The Bertz CT molecular complexity index is 569. The smallest absolute Gasteiger partial charge is 0.186 e. The molecule has 0 radical (unpaired) electrons. The summed E-state index contributed by atoms with van der Waals surface area (Å²) in [6, 6.07) is 10.5. The van der Waals surface area contributed by atoms with Gasteiger partial charge in [-0.25, -0.2) is 8.78 Å². The number of nitrogens with two attached hydrogens (primary N) is 1. The number of Topliss-reactive ketones (excluding diaryl/α,β-unsaturated/α-hetero) is 1. The zero-order valence-electron chi connectivity index (χ0n) is 9.44. The lowest BCUT2D eigenvalue weighted by atomic mass is 9.98. The van der Waals surface area contributed by atoms with Crippen LogP contribution in [0.4, 0.5) is 8.78 Å². The number of benzene rings is 2. The van der Waals surface area contributed by atoms with Gasteiger partial charge in [-0.2, -0.15) is 0 Å². The minimum Gasteiger partial charge on any atom is -0.318 e. The highest BCUT2D eigenvalue weighted by atomic mass is 19.1. The summed E-state index contributed by atoms with van der Waals surface area (Å²) in [5.41, 5.74) is 6.16. The maximum Gasteiger partial charge on any atom is 0.186 e. The zero-order chi connectivity index (χ0) is 13.1. The highest BCUT2D eigenvalue weighted by Gasteiger charge is 2.20. The fraction of sp³-hybridized carbons (Fsp3) is 0.0714.